The Balaban J connectivity index is 1.44. The molecular weight excluding hydrogens is 326 g/mol. The van der Waals surface area contributed by atoms with Crippen LogP contribution in [0.5, 0.6) is 0 Å². The summed E-state index contributed by atoms with van der Waals surface area (Å²) in [6, 6.07) is 18.7. The predicted molar refractivity (Wildman–Crippen MR) is 102 cm³/mol. The molecule has 0 aliphatic carbocycles. The van der Waals surface area contributed by atoms with Crippen LogP contribution in [-0.2, 0) is 4.79 Å². The number of benzene rings is 2. The first-order valence-electron chi connectivity index (χ1n) is 8.69. The number of para-hydroxylation sites is 1. The van der Waals surface area contributed by atoms with Crippen molar-refractivity contribution in [1.29, 1.82) is 0 Å². The summed E-state index contributed by atoms with van der Waals surface area (Å²) in [6.07, 6.45) is 1.45. The van der Waals surface area contributed by atoms with Crippen LogP contribution in [-0.4, -0.2) is 36.0 Å². The molecule has 2 aromatic rings. The Morgan fingerprint density at radius 2 is 1.54 bits per heavy atom. The van der Waals surface area contributed by atoms with Gasteiger partial charge in [-0.25, -0.2) is 4.79 Å². The Bertz CT molecular complexity index is 801. The highest BCUT2D eigenvalue weighted by Crippen LogP contribution is 2.13. The van der Waals surface area contributed by atoms with E-state index in [0.717, 1.165) is 24.1 Å². The molecule has 1 heterocycles. The van der Waals surface area contributed by atoms with Crippen LogP contribution in [0.25, 0.3) is 0 Å². The molecule has 5 heteroatoms. The van der Waals surface area contributed by atoms with Gasteiger partial charge in [0.15, 0.2) is 0 Å². The van der Waals surface area contributed by atoms with Crippen LogP contribution in [0.1, 0.15) is 18.4 Å². The van der Waals surface area contributed by atoms with Crippen LogP contribution in [0, 0.1) is 11.8 Å². The van der Waals surface area contributed by atoms with Crippen molar-refractivity contribution < 1.29 is 9.59 Å². The molecule has 0 aromatic heterocycles. The van der Waals surface area contributed by atoms with E-state index in [1.165, 1.54) is 0 Å². The predicted octanol–water partition coefficient (Wildman–Crippen LogP) is 2.85. The zero-order chi connectivity index (χ0) is 18.2. The van der Waals surface area contributed by atoms with E-state index in [0.29, 0.717) is 13.1 Å². The molecule has 26 heavy (non-hydrogen) atoms. The lowest BCUT2D eigenvalue weighted by molar-refractivity contribution is -0.116. The standard InChI is InChI=1S/C21H21N3O2/c25-20(12-11-17-7-3-1-4-8-17)22-19-13-15-24(16-14-19)21(26)23-18-9-5-2-6-10-18/h1-10,19H,13-16H2,(H,22,25)(H,23,26). The first kappa shape index (κ1) is 17.6. The van der Waals surface area contributed by atoms with Crippen molar-refractivity contribution in [2.45, 2.75) is 18.9 Å². The van der Waals surface area contributed by atoms with Gasteiger partial charge in [0, 0.05) is 36.3 Å². The fourth-order valence-electron chi connectivity index (χ4n) is 2.82. The summed E-state index contributed by atoms with van der Waals surface area (Å²) in [6.45, 7) is 1.21. The fourth-order valence-corrected chi connectivity index (χ4v) is 2.82. The number of rotatable bonds is 2. The van der Waals surface area contributed by atoms with E-state index in [4.69, 9.17) is 0 Å². The van der Waals surface area contributed by atoms with Gasteiger partial charge < -0.3 is 15.5 Å². The van der Waals surface area contributed by atoms with Gasteiger partial charge in [-0.2, -0.15) is 0 Å². The van der Waals surface area contributed by atoms with E-state index < -0.39 is 0 Å². The maximum absolute atomic E-state index is 12.3. The molecule has 3 amide bonds. The van der Waals surface area contributed by atoms with Crippen molar-refractivity contribution in [3.8, 4) is 11.8 Å². The highest BCUT2D eigenvalue weighted by atomic mass is 16.2. The van der Waals surface area contributed by atoms with Crippen molar-refractivity contribution in [2.75, 3.05) is 18.4 Å². The topological polar surface area (TPSA) is 61.4 Å². The molecule has 2 aromatic carbocycles. The minimum atomic E-state index is -0.277. The molecule has 0 unspecified atom stereocenters. The van der Waals surface area contributed by atoms with Crippen LogP contribution in [0.3, 0.4) is 0 Å². The first-order valence-corrected chi connectivity index (χ1v) is 8.69. The lowest BCUT2D eigenvalue weighted by Gasteiger charge is -2.32. The van der Waals surface area contributed by atoms with E-state index in [2.05, 4.69) is 22.5 Å². The summed E-state index contributed by atoms with van der Waals surface area (Å²) in [4.78, 5) is 26.0. The second-order valence-electron chi connectivity index (χ2n) is 6.15. The van der Waals surface area contributed by atoms with Crippen LogP contribution < -0.4 is 10.6 Å². The molecule has 5 nitrogen and oxygen atoms in total. The van der Waals surface area contributed by atoms with E-state index in [1.54, 1.807) is 4.90 Å². The van der Waals surface area contributed by atoms with E-state index in [9.17, 15) is 9.59 Å². The summed E-state index contributed by atoms with van der Waals surface area (Å²) >= 11 is 0. The molecule has 1 aliphatic heterocycles. The molecule has 0 radical (unpaired) electrons. The quantitative estimate of drug-likeness (QED) is 0.821. The Hall–Kier alpha value is -3.26. The van der Waals surface area contributed by atoms with Gasteiger partial charge in [-0.15, -0.1) is 0 Å². The second kappa shape index (κ2) is 8.72. The number of carbonyl (C=O) groups is 2. The molecule has 2 N–H and O–H groups in total. The number of likely N-dealkylation sites (tertiary alicyclic amines) is 1. The lowest BCUT2D eigenvalue weighted by atomic mass is 10.1. The number of urea groups is 1. The minimum Gasteiger partial charge on any atom is -0.342 e. The molecule has 0 atom stereocenters. The zero-order valence-corrected chi connectivity index (χ0v) is 14.4. The third-order valence-corrected chi connectivity index (χ3v) is 4.24. The molecule has 1 aliphatic rings. The molecule has 0 saturated carbocycles. The average Bonchev–Trinajstić information content (AvgIpc) is 2.68. The summed E-state index contributed by atoms with van der Waals surface area (Å²) in [5, 5.41) is 5.81. The molecule has 3 rings (SSSR count). The monoisotopic (exact) mass is 347 g/mol. The van der Waals surface area contributed by atoms with Gasteiger partial charge in [0.05, 0.1) is 0 Å². The van der Waals surface area contributed by atoms with Crippen molar-refractivity contribution in [3.63, 3.8) is 0 Å². The second-order valence-corrected chi connectivity index (χ2v) is 6.15. The number of nitrogens with one attached hydrogen (secondary N) is 2. The fraction of sp³-hybridized carbons (Fsp3) is 0.238. The van der Waals surface area contributed by atoms with E-state index in [-0.39, 0.29) is 18.0 Å². The lowest BCUT2D eigenvalue weighted by Crippen LogP contribution is -2.47. The Morgan fingerprint density at radius 1 is 0.923 bits per heavy atom. The summed E-state index contributed by atoms with van der Waals surface area (Å²) in [5.41, 5.74) is 1.60. The van der Waals surface area contributed by atoms with E-state index in [1.807, 2.05) is 60.7 Å². The molecule has 132 valence electrons. The number of hydrogen-bond acceptors (Lipinski definition) is 2. The maximum Gasteiger partial charge on any atom is 0.321 e. The van der Waals surface area contributed by atoms with Gasteiger partial charge in [0.25, 0.3) is 5.91 Å². The smallest absolute Gasteiger partial charge is 0.321 e. The average molecular weight is 347 g/mol. The highest BCUT2D eigenvalue weighted by Gasteiger charge is 2.23. The van der Waals surface area contributed by atoms with Crippen LogP contribution in [0.2, 0.25) is 0 Å². The van der Waals surface area contributed by atoms with Gasteiger partial charge in [0.2, 0.25) is 0 Å². The number of anilines is 1. The third-order valence-electron chi connectivity index (χ3n) is 4.24. The summed E-state index contributed by atoms with van der Waals surface area (Å²) in [5.74, 6) is 5.19. The number of piperidine rings is 1. The summed E-state index contributed by atoms with van der Waals surface area (Å²) < 4.78 is 0. The van der Waals surface area contributed by atoms with Gasteiger partial charge >= 0.3 is 6.03 Å². The Labute approximate surface area is 153 Å². The largest absolute Gasteiger partial charge is 0.342 e. The van der Waals surface area contributed by atoms with Gasteiger partial charge in [-0.05, 0) is 37.1 Å². The van der Waals surface area contributed by atoms with E-state index >= 15 is 0 Å². The van der Waals surface area contributed by atoms with Gasteiger partial charge in [-0.3, -0.25) is 4.79 Å². The van der Waals surface area contributed by atoms with Crippen LogP contribution >= 0.6 is 0 Å². The maximum atomic E-state index is 12.3. The first-order chi connectivity index (χ1) is 12.7. The normalized spacial score (nSPS) is 14.1. The molecule has 0 spiro atoms. The number of hydrogen-bond donors (Lipinski definition) is 2. The Kier molecular flexibility index (Phi) is 5.89. The molecule has 0 bridgehead atoms. The molecule has 1 saturated heterocycles. The van der Waals surface area contributed by atoms with Crippen molar-refractivity contribution in [2.24, 2.45) is 0 Å². The Morgan fingerprint density at radius 3 is 2.19 bits per heavy atom. The molecular formula is C21H21N3O2. The molecule has 1 fully saturated rings. The zero-order valence-electron chi connectivity index (χ0n) is 14.4. The van der Waals surface area contributed by atoms with Crippen molar-refractivity contribution in [3.05, 3.63) is 66.2 Å². The van der Waals surface area contributed by atoms with Crippen molar-refractivity contribution in [1.82, 2.24) is 10.2 Å². The highest BCUT2D eigenvalue weighted by molar-refractivity contribution is 5.94. The number of nitrogens with zero attached hydrogens (tertiary/aromatic N) is 1. The minimum absolute atomic E-state index is 0.0494. The third kappa shape index (κ3) is 5.12. The van der Waals surface area contributed by atoms with Gasteiger partial charge in [-0.1, -0.05) is 42.3 Å². The van der Waals surface area contributed by atoms with Crippen LogP contribution in [0.4, 0.5) is 10.5 Å². The van der Waals surface area contributed by atoms with Gasteiger partial charge in [0.1, 0.15) is 0 Å². The number of amides is 3. The van der Waals surface area contributed by atoms with Crippen molar-refractivity contribution >= 4 is 17.6 Å². The number of carbonyl (C=O) groups excluding carboxylic acids is 2. The van der Waals surface area contributed by atoms with Crippen LogP contribution in [0.15, 0.2) is 60.7 Å². The SMILES string of the molecule is O=C(C#Cc1ccccc1)NC1CCN(C(=O)Nc2ccccc2)CC1. The summed E-state index contributed by atoms with van der Waals surface area (Å²) in [7, 11) is 0.